The maximum Gasteiger partial charge on any atom is 0.313 e. The van der Waals surface area contributed by atoms with E-state index in [9.17, 15) is 9.90 Å². The van der Waals surface area contributed by atoms with Crippen LogP contribution in [0.25, 0.3) is 10.1 Å². The van der Waals surface area contributed by atoms with Gasteiger partial charge in [0.1, 0.15) is 0 Å². The molecule has 0 aliphatic carbocycles. The van der Waals surface area contributed by atoms with E-state index < -0.39 is 11.4 Å². The van der Waals surface area contributed by atoms with Crippen LogP contribution in [0.3, 0.4) is 0 Å². The monoisotopic (exact) mass is 251 g/mol. The van der Waals surface area contributed by atoms with Crippen LogP contribution in [0.15, 0.2) is 18.2 Å². The van der Waals surface area contributed by atoms with Gasteiger partial charge in [-0.05, 0) is 43.1 Å². The molecular weight excluding hydrogens is 238 g/mol. The summed E-state index contributed by atoms with van der Waals surface area (Å²) in [4.78, 5) is 11.2. The Morgan fingerprint density at radius 3 is 2.76 bits per heavy atom. The third-order valence-electron chi connectivity index (χ3n) is 2.89. The van der Waals surface area contributed by atoms with E-state index in [1.807, 2.05) is 18.2 Å². The van der Waals surface area contributed by atoms with Gasteiger partial charge in [0.05, 0.1) is 22.6 Å². The molecule has 0 aliphatic rings. The molecule has 0 saturated heterocycles. The molecule has 0 bridgehead atoms. The fraction of sp³-hybridized carbons (Fsp3) is 0.333. The van der Waals surface area contributed by atoms with Crippen molar-refractivity contribution in [2.45, 2.75) is 19.3 Å². The first-order valence-corrected chi connectivity index (χ1v) is 5.91. The summed E-state index contributed by atoms with van der Waals surface area (Å²) >= 11 is 1.34. The van der Waals surface area contributed by atoms with E-state index in [2.05, 4.69) is 4.37 Å². The number of aliphatic carboxylic acids is 1. The van der Waals surface area contributed by atoms with Gasteiger partial charge in [-0.3, -0.25) is 4.79 Å². The normalized spacial score (nSPS) is 11.7. The number of hydrogen-bond acceptors (Lipinski definition) is 4. The van der Waals surface area contributed by atoms with Crippen molar-refractivity contribution in [2.75, 3.05) is 7.11 Å². The maximum absolute atomic E-state index is 11.2. The minimum absolute atomic E-state index is 0.549. The summed E-state index contributed by atoms with van der Waals surface area (Å²) in [5, 5.41) is 10.1. The second-order valence-electron chi connectivity index (χ2n) is 4.33. The first kappa shape index (κ1) is 11.9. The van der Waals surface area contributed by atoms with Gasteiger partial charge in [0.2, 0.25) is 5.88 Å². The fourth-order valence-electron chi connectivity index (χ4n) is 1.58. The second kappa shape index (κ2) is 4.00. The summed E-state index contributed by atoms with van der Waals surface area (Å²) < 4.78 is 10.3. The van der Waals surface area contributed by atoms with E-state index in [0.717, 1.165) is 15.6 Å². The van der Waals surface area contributed by atoms with Crippen molar-refractivity contribution < 1.29 is 14.6 Å². The van der Waals surface area contributed by atoms with Crippen molar-refractivity contribution in [1.82, 2.24) is 4.37 Å². The van der Waals surface area contributed by atoms with Gasteiger partial charge < -0.3 is 9.84 Å². The van der Waals surface area contributed by atoms with Crippen LogP contribution in [0.2, 0.25) is 0 Å². The Bertz CT molecular complexity index is 574. The van der Waals surface area contributed by atoms with Gasteiger partial charge in [0, 0.05) is 0 Å². The van der Waals surface area contributed by atoms with Crippen LogP contribution in [0.4, 0.5) is 0 Å². The molecule has 5 heteroatoms. The van der Waals surface area contributed by atoms with Crippen LogP contribution in [0.5, 0.6) is 5.88 Å². The summed E-state index contributed by atoms with van der Waals surface area (Å²) in [6.45, 7) is 3.37. The Hall–Kier alpha value is -1.62. The van der Waals surface area contributed by atoms with Crippen LogP contribution in [0, 0.1) is 0 Å². The number of nitrogens with zero attached hydrogens (tertiary/aromatic N) is 1. The van der Waals surface area contributed by atoms with Crippen LogP contribution in [-0.4, -0.2) is 22.6 Å². The molecule has 1 aromatic heterocycles. The number of fused-ring (bicyclic) bond motifs is 1. The number of aromatic nitrogens is 1. The molecule has 1 heterocycles. The lowest BCUT2D eigenvalue weighted by Gasteiger charge is -2.19. The second-order valence-corrected chi connectivity index (χ2v) is 5.14. The number of benzene rings is 1. The third kappa shape index (κ3) is 1.86. The first-order valence-electron chi connectivity index (χ1n) is 5.14. The quantitative estimate of drug-likeness (QED) is 0.911. The minimum Gasteiger partial charge on any atom is -0.481 e. The van der Waals surface area contributed by atoms with E-state index in [1.54, 1.807) is 21.0 Å². The lowest BCUT2D eigenvalue weighted by molar-refractivity contribution is -0.142. The van der Waals surface area contributed by atoms with Gasteiger partial charge in [0.25, 0.3) is 0 Å². The Labute approximate surface area is 103 Å². The molecule has 90 valence electrons. The number of carboxylic acid groups (broad SMARTS) is 1. The summed E-state index contributed by atoms with van der Waals surface area (Å²) in [6, 6.07) is 5.55. The van der Waals surface area contributed by atoms with Crippen LogP contribution >= 0.6 is 11.5 Å². The van der Waals surface area contributed by atoms with Crippen LogP contribution in [0.1, 0.15) is 19.4 Å². The summed E-state index contributed by atoms with van der Waals surface area (Å²) in [5.74, 6) is -0.299. The van der Waals surface area contributed by atoms with Gasteiger partial charge in [-0.2, -0.15) is 4.37 Å². The zero-order valence-corrected chi connectivity index (χ0v) is 10.7. The van der Waals surface area contributed by atoms with Gasteiger partial charge in [-0.15, -0.1) is 0 Å². The van der Waals surface area contributed by atoms with Crippen LogP contribution in [-0.2, 0) is 10.2 Å². The largest absolute Gasteiger partial charge is 0.481 e. The van der Waals surface area contributed by atoms with Gasteiger partial charge in [-0.1, -0.05) is 6.07 Å². The molecule has 2 aromatic rings. The van der Waals surface area contributed by atoms with Crippen molar-refractivity contribution >= 4 is 27.6 Å². The standard InChI is InChI=1S/C12H13NO3S/c1-12(2,11(14)15)7-4-5-9-8(6-7)10(16-3)13-17-9/h4-6H,1-3H3,(H,14,15). The van der Waals surface area contributed by atoms with Crippen molar-refractivity contribution in [1.29, 1.82) is 0 Å². The summed E-state index contributed by atoms with van der Waals surface area (Å²) in [6.07, 6.45) is 0. The van der Waals surface area contributed by atoms with E-state index in [0.29, 0.717) is 5.88 Å². The number of rotatable bonds is 3. The zero-order chi connectivity index (χ0) is 12.6. The molecule has 0 atom stereocenters. The van der Waals surface area contributed by atoms with E-state index >= 15 is 0 Å². The average molecular weight is 251 g/mol. The topological polar surface area (TPSA) is 59.4 Å². The number of ether oxygens (including phenoxy) is 1. The smallest absolute Gasteiger partial charge is 0.313 e. The maximum atomic E-state index is 11.2. The molecule has 0 unspecified atom stereocenters. The van der Waals surface area contributed by atoms with Gasteiger partial charge >= 0.3 is 5.97 Å². The van der Waals surface area contributed by atoms with Crippen LogP contribution < -0.4 is 4.74 Å². The van der Waals surface area contributed by atoms with Crippen molar-refractivity contribution in [3.8, 4) is 5.88 Å². The molecule has 4 nitrogen and oxygen atoms in total. The van der Waals surface area contributed by atoms with E-state index in [-0.39, 0.29) is 0 Å². The number of methoxy groups -OCH3 is 1. The molecular formula is C12H13NO3S. The molecule has 1 aromatic carbocycles. The van der Waals surface area contributed by atoms with Crippen molar-refractivity contribution in [3.63, 3.8) is 0 Å². The van der Waals surface area contributed by atoms with E-state index in [4.69, 9.17) is 4.74 Å². The molecule has 0 amide bonds. The predicted molar refractivity (Wildman–Crippen MR) is 66.8 cm³/mol. The van der Waals surface area contributed by atoms with Crippen molar-refractivity contribution in [3.05, 3.63) is 23.8 Å². The molecule has 2 rings (SSSR count). The Morgan fingerprint density at radius 2 is 2.18 bits per heavy atom. The highest BCUT2D eigenvalue weighted by Gasteiger charge is 2.29. The predicted octanol–water partition coefficient (Wildman–Crippen LogP) is 2.67. The Balaban J connectivity index is 2.61. The summed E-state index contributed by atoms with van der Waals surface area (Å²) in [7, 11) is 1.56. The molecule has 0 spiro atoms. The fourth-order valence-corrected chi connectivity index (χ4v) is 2.30. The highest BCUT2D eigenvalue weighted by molar-refractivity contribution is 7.13. The lowest BCUT2D eigenvalue weighted by Crippen LogP contribution is -2.28. The number of carboxylic acids is 1. The summed E-state index contributed by atoms with van der Waals surface area (Å²) in [5.41, 5.74) is -0.169. The lowest BCUT2D eigenvalue weighted by atomic mass is 9.84. The van der Waals surface area contributed by atoms with E-state index in [1.165, 1.54) is 11.5 Å². The zero-order valence-electron chi connectivity index (χ0n) is 9.85. The third-order valence-corrected chi connectivity index (χ3v) is 3.70. The average Bonchev–Trinajstić information content (AvgIpc) is 2.70. The highest BCUT2D eigenvalue weighted by Crippen LogP contribution is 2.33. The van der Waals surface area contributed by atoms with Gasteiger partial charge in [-0.25, -0.2) is 0 Å². The molecule has 1 N–H and O–H groups in total. The minimum atomic E-state index is -0.916. The SMILES string of the molecule is COc1nsc2ccc(C(C)(C)C(=O)O)cc12. The van der Waals surface area contributed by atoms with Gasteiger partial charge in [0.15, 0.2) is 0 Å². The number of carbonyl (C=O) groups is 1. The molecule has 0 aliphatic heterocycles. The highest BCUT2D eigenvalue weighted by atomic mass is 32.1. The molecule has 0 fully saturated rings. The Kier molecular flexibility index (Phi) is 2.79. The molecule has 17 heavy (non-hydrogen) atoms. The molecule has 0 saturated carbocycles. The first-order chi connectivity index (χ1) is 7.96. The van der Waals surface area contributed by atoms with Crippen molar-refractivity contribution in [2.24, 2.45) is 0 Å². The number of hydrogen-bond donors (Lipinski definition) is 1. The molecule has 0 radical (unpaired) electrons. The Morgan fingerprint density at radius 1 is 1.47 bits per heavy atom.